The fourth-order valence-electron chi connectivity index (χ4n) is 4.68. The zero-order chi connectivity index (χ0) is 25.6. The second-order valence-corrected chi connectivity index (χ2v) is 10.5. The van der Waals surface area contributed by atoms with Crippen LogP contribution in [-0.2, 0) is 4.79 Å². The highest BCUT2D eigenvalue weighted by molar-refractivity contribution is 6.30. The van der Waals surface area contributed by atoms with Gasteiger partial charge in [0.25, 0.3) is 5.91 Å². The maximum absolute atomic E-state index is 13.6. The van der Waals surface area contributed by atoms with Crippen LogP contribution in [0.25, 0.3) is 0 Å². The number of halogens is 2. The van der Waals surface area contributed by atoms with Crippen molar-refractivity contribution < 1.29 is 9.59 Å². The van der Waals surface area contributed by atoms with Gasteiger partial charge in [0.05, 0.1) is 0 Å². The first-order valence-electron chi connectivity index (χ1n) is 11.7. The molecule has 1 heterocycles. The van der Waals surface area contributed by atoms with E-state index in [4.69, 9.17) is 34.7 Å². The van der Waals surface area contributed by atoms with Crippen LogP contribution >= 0.6 is 23.2 Å². The van der Waals surface area contributed by atoms with Crippen LogP contribution in [0.2, 0.25) is 10.0 Å². The Morgan fingerprint density at radius 2 is 1.69 bits per heavy atom. The van der Waals surface area contributed by atoms with Gasteiger partial charge in [-0.3, -0.25) is 14.6 Å². The lowest BCUT2D eigenvalue weighted by Crippen LogP contribution is -2.54. The predicted octanol–water partition coefficient (Wildman–Crippen LogP) is 4.19. The molecule has 7 nitrogen and oxygen atoms in total. The monoisotopic (exact) mass is 517 g/mol. The number of hydrogen-bond donors (Lipinski definition) is 3. The zero-order valence-corrected chi connectivity index (χ0v) is 21.6. The number of rotatable bonds is 8. The summed E-state index contributed by atoms with van der Waals surface area (Å²) in [7, 11) is 0. The SMILES string of the molecule is CC1(C)CN(C(=O)[C@@H](CCCN=C(N)N)NC(=O)c2ccc(Cl)cc2)CCC1c1ccc(Cl)cc1. The third-order valence-electron chi connectivity index (χ3n) is 6.47. The largest absolute Gasteiger partial charge is 0.370 e. The normalized spacial score (nSPS) is 17.9. The van der Waals surface area contributed by atoms with Crippen LogP contribution in [0.3, 0.4) is 0 Å². The zero-order valence-electron chi connectivity index (χ0n) is 20.1. The molecule has 0 aliphatic carbocycles. The van der Waals surface area contributed by atoms with Gasteiger partial charge in [-0.1, -0.05) is 49.2 Å². The van der Waals surface area contributed by atoms with Crippen molar-refractivity contribution in [1.29, 1.82) is 0 Å². The molecule has 1 saturated heterocycles. The number of piperidine rings is 1. The quantitative estimate of drug-likeness (QED) is 0.276. The summed E-state index contributed by atoms with van der Waals surface area (Å²) in [5.74, 6) is -0.117. The third-order valence-corrected chi connectivity index (χ3v) is 6.97. The number of nitrogens with one attached hydrogen (secondary N) is 1. The lowest BCUT2D eigenvalue weighted by atomic mass is 9.70. The Labute approximate surface area is 216 Å². The Morgan fingerprint density at radius 3 is 2.26 bits per heavy atom. The molecule has 2 aromatic carbocycles. The summed E-state index contributed by atoms with van der Waals surface area (Å²) in [6.07, 6.45) is 1.80. The number of likely N-dealkylation sites (tertiary alicyclic amines) is 1. The summed E-state index contributed by atoms with van der Waals surface area (Å²) in [5, 5.41) is 4.16. The molecular weight excluding hydrogens is 485 g/mol. The standard InChI is InChI=1S/C26H33Cl2N5O2/c1-26(2)16-33(15-13-21(26)17-5-9-19(27)10-6-17)24(35)22(4-3-14-31-25(29)30)32-23(34)18-7-11-20(28)12-8-18/h5-12,21-22H,3-4,13-16H2,1-2H3,(H,32,34)(H4,29,30,31)/t21?,22-/m1/s1. The van der Waals surface area contributed by atoms with Crippen LogP contribution in [0, 0.1) is 5.41 Å². The molecule has 1 unspecified atom stereocenters. The molecule has 3 rings (SSSR count). The molecule has 188 valence electrons. The van der Waals surface area contributed by atoms with Crippen molar-refractivity contribution in [1.82, 2.24) is 10.2 Å². The maximum Gasteiger partial charge on any atom is 0.251 e. The number of aliphatic imine (C=N–C) groups is 1. The van der Waals surface area contributed by atoms with Crippen LogP contribution in [-0.4, -0.2) is 48.3 Å². The van der Waals surface area contributed by atoms with E-state index in [9.17, 15) is 9.59 Å². The molecule has 0 spiro atoms. The average molecular weight is 518 g/mol. The van der Waals surface area contributed by atoms with Crippen molar-refractivity contribution in [2.75, 3.05) is 19.6 Å². The molecule has 0 bridgehead atoms. The highest BCUT2D eigenvalue weighted by Gasteiger charge is 2.40. The lowest BCUT2D eigenvalue weighted by Gasteiger charge is -2.45. The molecule has 1 aliphatic heterocycles. The minimum atomic E-state index is -0.685. The van der Waals surface area contributed by atoms with Gasteiger partial charge < -0.3 is 21.7 Å². The highest BCUT2D eigenvalue weighted by Crippen LogP contribution is 2.42. The van der Waals surface area contributed by atoms with Crippen molar-refractivity contribution in [3.8, 4) is 0 Å². The first kappa shape index (κ1) is 26.8. The molecule has 35 heavy (non-hydrogen) atoms. The average Bonchev–Trinajstić information content (AvgIpc) is 2.81. The first-order valence-corrected chi connectivity index (χ1v) is 12.5. The summed E-state index contributed by atoms with van der Waals surface area (Å²) in [5.41, 5.74) is 12.4. The molecule has 0 saturated carbocycles. The molecule has 0 aromatic heterocycles. The van der Waals surface area contributed by atoms with Gasteiger partial charge in [0, 0.05) is 35.2 Å². The summed E-state index contributed by atoms with van der Waals surface area (Å²) in [4.78, 5) is 32.4. The summed E-state index contributed by atoms with van der Waals surface area (Å²) in [6, 6.07) is 13.8. The van der Waals surface area contributed by atoms with Gasteiger partial charge >= 0.3 is 0 Å². The molecular formula is C26H33Cl2N5O2. The van der Waals surface area contributed by atoms with Crippen molar-refractivity contribution in [2.45, 2.75) is 45.1 Å². The number of carbonyl (C=O) groups is 2. The van der Waals surface area contributed by atoms with Gasteiger partial charge in [-0.25, -0.2) is 0 Å². The number of benzene rings is 2. The molecule has 1 aliphatic rings. The van der Waals surface area contributed by atoms with Crippen LogP contribution < -0.4 is 16.8 Å². The van der Waals surface area contributed by atoms with Crippen LogP contribution in [0.5, 0.6) is 0 Å². The van der Waals surface area contributed by atoms with E-state index >= 15 is 0 Å². The molecule has 0 radical (unpaired) electrons. The number of amides is 2. The van der Waals surface area contributed by atoms with Crippen molar-refractivity contribution in [3.63, 3.8) is 0 Å². The van der Waals surface area contributed by atoms with Gasteiger partial charge in [0.1, 0.15) is 6.04 Å². The molecule has 2 atom stereocenters. The topological polar surface area (TPSA) is 114 Å². The third kappa shape index (κ3) is 7.36. The van der Waals surface area contributed by atoms with Gasteiger partial charge in [-0.15, -0.1) is 0 Å². The van der Waals surface area contributed by atoms with Crippen molar-refractivity contribution >= 4 is 41.0 Å². The van der Waals surface area contributed by atoms with E-state index in [2.05, 4.69) is 36.3 Å². The number of guanidine groups is 1. The minimum absolute atomic E-state index is 0.00379. The van der Waals surface area contributed by atoms with E-state index < -0.39 is 6.04 Å². The number of nitrogens with two attached hydrogens (primary N) is 2. The summed E-state index contributed by atoms with van der Waals surface area (Å²) in [6.45, 7) is 5.92. The molecule has 5 N–H and O–H groups in total. The van der Waals surface area contributed by atoms with Crippen molar-refractivity contribution in [2.24, 2.45) is 21.9 Å². The molecule has 1 fully saturated rings. The summed E-state index contributed by atoms with van der Waals surface area (Å²) >= 11 is 12.0. The Kier molecular flexibility index (Phi) is 9.03. The van der Waals surface area contributed by atoms with E-state index in [0.717, 1.165) is 6.42 Å². The Morgan fingerprint density at radius 1 is 1.09 bits per heavy atom. The fourth-order valence-corrected chi connectivity index (χ4v) is 4.93. The van der Waals surface area contributed by atoms with Gasteiger partial charge in [0.2, 0.25) is 5.91 Å². The smallest absolute Gasteiger partial charge is 0.251 e. The number of nitrogens with zero attached hydrogens (tertiary/aromatic N) is 2. The van der Waals surface area contributed by atoms with E-state index in [0.29, 0.717) is 54.0 Å². The van der Waals surface area contributed by atoms with Crippen LogP contribution in [0.4, 0.5) is 0 Å². The number of carbonyl (C=O) groups excluding carboxylic acids is 2. The molecule has 2 aromatic rings. The molecule has 9 heteroatoms. The lowest BCUT2D eigenvalue weighted by molar-refractivity contribution is -0.137. The van der Waals surface area contributed by atoms with Crippen molar-refractivity contribution in [3.05, 3.63) is 69.7 Å². The highest BCUT2D eigenvalue weighted by atomic mass is 35.5. The summed E-state index contributed by atoms with van der Waals surface area (Å²) < 4.78 is 0. The maximum atomic E-state index is 13.6. The second-order valence-electron chi connectivity index (χ2n) is 9.62. The second kappa shape index (κ2) is 11.8. The van der Waals surface area contributed by atoms with Gasteiger partial charge in [-0.05, 0) is 72.6 Å². The predicted molar refractivity (Wildman–Crippen MR) is 142 cm³/mol. The Bertz CT molecular complexity index is 1050. The van der Waals surface area contributed by atoms with E-state index in [1.807, 2.05) is 17.0 Å². The van der Waals surface area contributed by atoms with E-state index in [1.165, 1.54) is 5.56 Å². The van der Waals surface area contributed by atoms with Gasteiger partial charge in [-0.2, -0.15) is 0 Å². The van der Waals surface area contributed by atoms with Crippen LogP contribution in [0.1, 0.15) is 54.9 Å². The van der Waals surface area contributed by atoms with E-state index in [-0.39, 0.29) is 23.2 Å². The minimum Gasteiger partial charge on any atom is -0.370 e. The molecule has 2 amide bonds. The van der Waals surface area contributed by atoms with Crippen LogP contribution in [0.15, 0.2) is 53.5 Å². The Hall–Kier alpha value is -2.77. The van der Waals surface area contributed by atoms with E-state index in [1.54, 1.807) is 24.3 Å². The number of hydrogen-bond acceptors (Lipinski definition) is 3. The van der Waals surface area contributed by atoms with Gasteiger partial charge in [0.15, 0.2) is 5.96 Å². The Balaban J connectivity index is 1.73. The first-order chi connectivity index (χ1) is 16.6. The fraction of sp³-hybridized carbons (Fsp3) is 0.423.